The molecule has 6 aromatic heterocycles. The number of halogens is 3. The van der Waals surface area contributed by atoms with Crippen LogP contribution in [0.1, 0.15) is 22.2 Å². The number of thiophene rings is 6. The van der Waals surface area contributed by atoms with Crippen LogP contribution in [0.3, 0.4) is 0 Å². The van der Waals surface area contributed by atoms with Crippen LogP contribution in [-0.2, 0) is 6.42 Å². The summed E-state index contributed by atoms with van der Waals surface area (Å²) in [6, 6.07) is 16.3. The van der Waals surface area contributed by atoms with E-state index in [2.05, 4.69) is 34.0 Å². The molecular weight excluding hydrogens is 678 g/mol. The highest BCUT2D eigenvalue weighted by atomic mass is 32.1. The van der Waals surface area contributed by atoms with Crippen molar-refractivity contribution in [2.75, 3.05) is 0 Å². The average Bonchev–Trinajstić information content (AvgIpc) is 3.80. The molecule has 0 fully saturated rings. The highest BCUT2D eigenvalue weighted by Gasteiger charge is 2.36. The van der Waals surface area contributed by atoms with E-state index in [1.165, 1.54) is 43.5 Å². The molecule has 13 heteroatoms. The first kappa shape index (κ1) is 30.3. The van der Waals surface area contributed by atoms with Gasteiger partial charge in [0.1, 0.15) is 0 Å². The summed E-state index contributed by atoms with van der Waals surface area (Å²) in [7, 11) is 0. The Morgan fingerprint density at radius 2 is 1.34 bits per heavy atom. The molecule has 2 N–H and O–H groups in total. The first-order valence-electron chi connectivity index (χ1n) is 12.8. The summed E-state index contributed by atoms with van der Waals surface area (Å²) >= 11 is 9.66. The minimum absolute atomic E-state index is 0.0535. The third-order valence-electron chi connectivity index (χ3n) is 6.62. The Morgan fingerprint density at radius 3 is 1.82 bits per heavy atom. The van der Waals surface area contributed by atoms with Crippen molar-refractivity contribution in [1.82, 2.24) is 0 Å². The zero-order chi connectivity index (χ0) is 31.2. The fourth-order valence-electron chi connectivity index (χ4n) is 4.40. The summed E-state index contributed by atoms with van der Waals surface area (Å²) in [5.41, 5.74) is 6.33. The quantitative estimate of drug-likeness (QED) is 0.134. The number of nitrogens with zero attached hydrogens (tertiary/aromatic N) is 3. The van der Waals surface area contributed by atoms with Gasteiger partial charge in [0.15, 0.2) is 0 Å². The minimum atomic E-state index is -4.30. The van der Waals surface area contributed by atoms with E-state index in [0.29, 0.717) is 10.4 Å². The van der Waals surface area contributed by atoms with Crippen molar-refractivity contribution in [2.45, 2.75) is 19.5 Å². The lowest BCUT2D eigenvalue weighted by molar-refractivity contribution is -0.169. The molecule has 1 unspecified atom stereocenters. The second kappa shape index (κ2) is 12.0. The van der Waals surface area contributed by atoms with Crippen LogP contribution in [0.5, 0.6) is 0 Å². The van der Waals surface area contributed by atoms with Gasteiger partial charge >= 0.3 is 6.18 Å². The zero-order valence-corrected chi connectivity index (χ0v) is 27.4. The molecule has 0 spiro atoms. The second-order valence-corrected chi connectivity index (χ2v) is 16.2. The summed E-state index contributed by atoms with van der Waals surface area (Å²) in [6.07, 6.45) is -1.40. The van der Waals surface area contributed by atoms with Gasteiger partial charge in [0.05, 0.1) is 18.6 Å². The van der Waals surface area contributed by atoms with Gasteiger partial charge in [-0.2, -0.15) is 13.2 Å². The molecule has 0 saturated carbocycles. The number of allylic oxidation sites excluding steroid dienone is 1. The average molecular weight is 695 g/mol. The summed E-state index contributed by atoms with van der Waals surface area (Å²) < 4.78 is 44.5. The molecule has 0 aliphatic rings. The molecule has 0 aliphatic heterocycles. The molecule has 0 saturated heterocycles. The molecule has 4 nitrogen and oxygen atoms in total. The Hall–Kier alpha value is -3.74. The van der Waals surface area contributed by atoms with Gasteiger partial charge in [-0.15, -0.1) is 68.0 Å². The molecule has 0 amide bonds. The number of alkyl halides is 3. The number of hydrogen-bond donors (Lipinski definition) is 1. The van der Waals surface area contributed by atoms with Crippen molar-refractivity contribution in [3.05, 3.63) is 92.1 Å². The molecule has 1 atom stereocenters. The van der Waals surface area contributed by atoms with Crippen LogP contribution in [0.4, 0.5) is 13.2 Å². The number of nitrogens with two attached hydrogens (primary N) is 1. The third-order valence-corrected chi connectivity index (χ3v) is 13.9. The normalized spacial score (nSPS) is 13.3. The summed E-state index contributed by atoms with van der Waals surface area (Å²) in [6.45, 7) is 15.4. The van der Waals surface area contributed by atoms with Crippen LogP contribution in [-0.4, -0.2) is 6.18 Å². The van der Waals surface area contributed by atoms with Gasteiger partial charge in [-0.3, -0.25) is 0 Å². The molecule has 218 valence electrons. The van der Waals surface area contributed by atoms with Crippen LogP contribution >= 0.6 is 68.0 Å². The summed E-state index contributed by atoms with van der Waals surface area (Å²) in [4.78, 5) is 14.3. The van der Waals surface area contributed by atoms with Gasteiger partial charge in [-0.1, -0.05) is 13.5 Å². The molecule has 6 heterocycles. The molecule has 6 rings (SSSR count). The number of rotatable bonds is 7. The number of fused-ring (bicyclic) bond motifs is 2. The standard InChI is InChI=1S/C31H17F3N4S6/c1-15(31(32,33)34)6-16-7-21(40-20(16)13-30(36)38-3)23-10-26-27(42-23)12-29(44-26)28-11-25-24(43-28)9-22(41-25)19-5-4-18(39-19)8-17(14-35)37-2/h4-5,7-13,15H,6,36H2,1H3/b17-8-,30-13+. The van der Waals surface area contributed by atoms with E-state index in [4.69, 9.17) is 24.1 Å². The fourth-order valence-corrected chi connectivity index (χ4v) is 11.5. The summed E-state index contributed by atoms with van der Waals surface area (Å²) in [5.74, 6) is -1.56. The van der Waals surface area contributed by atoms with Gasteiger partial charge in [0, 0.05) is 57.8 Å². The van der Waals surface area contributed by atoms with Gasteiger partial charge in [-0.05, 0) is 66.6 Å². The van der Waals surface area contributed by atoms with Gasteiger partial charge in [0.2, 0.25) is 5.82 Å². The Balaban J connectivity index is 1.25. The maximum atomic E-state index is 13.3. The molecule has 0 aromatic carbocycles. The van der Waals surface area contributed by atoms with Crippen molar-refractivity contribution in [3.63, 3.8) is 0 Å². The van der Waals surface area contributed by atoms with Crippen LogP contribution in [0.25, 0.3) is 69.9 Å². The van der Waals surface area contributed by atoms with Crippen molar-refractivity contribution in [1.29, 1.82) is 5.26 Å². The maximum absolute atomic E-state index is 13.3. The molecule has 0 aliphatic carbocycles. The van der Waals surface area contributed by atoms with E-state index in [1.54, 1.807) is 68.8 Å². The van der Waals surface area contributed by atoms with Gasteiger partial charge in [-0.25, -0.2) is 10.1 Å². The molecule has 0 bridgehead atoms. The Morgan fingerprint density at radius 1 is 0.818 bits per heavy atom. The lowest BCUT2D eigenvalue weighted by Gasteiger charge is -2.15. The molecule has 44 heavy (non-hydrogen) atoms. The monoisotopic (exact) mass is 694 g/mol. The highest BCUT2D eigenvalue weighted by molar-refractivity contribution is 7.36. The molecule has 6 aromatic rings. The predicted molar refractivity (Wildman–Crippen MR) is 183 cm³/mol. The van der Waals surface area contributed by atoms with Crippen LogP contribution in [0, 0.1) is 30.4 Å². The fraction of sp³-hybridized carbons (Fsp3) is 0.129. The van der Waals surface area contributed by atoms with E-state index in [0.717, 1.165) is 33.8 Å². The first-order valence-corrected chi connectivity index (χ1v) is 17.7. The lowest BCUT2D eigenvalue weighted by Crippen LogP contribution is -2.21. The van der Waals surface area contributed by atoms with E-state index in [9.17, 15) is 13.2 Å². The van der Waals surface area contributed by atoms with E-state index >= 15 is 0 Å². The van der Waals surface area contributed by atoms with Crippen molar-refractivity contribution in [3.8, 4) is 35.3 Å². The Kier molecular flexibility index (Phi) is 8.25. The SMILES string of the molecule is [C-]#[N+]/C(C#N)=C\c1ccc(-c2cc3sc(-c4cc5sc(-c6cc(CC(C)C(F)(F)F)c(/C=C(\N)[N+]#[C-])s6)cc5s4)cc3s2)s1. The van der Waals surface area contributed by atoms with Crippen LogP contribution in [0.2, 0.25) is 0 Å². The third kappa shape index (κ3) is 6.11. The van der Waals surface area contributed by atoms with Crippen molar-refractivity contribution < 1.29 is 13.2 Å². The van der Waals surface area contributed by atoms with Crippen molar-refractivity contribution >= 4 is 99.0 Å². The zero-order valence-electron chi connectivity index (χ0n) is 22.5. The Labute approximate surface area is 274 Å². The minimum Gasteiger partial charge on any atom is -0.365 e. The lowest BCUT2D eigenvalue weighted by atomic mass is 10.0. The van der Waals surface area contributed by atoms with Gasteiger partial charge in [0.25, 0.3) is 5.70 Å². The predicted octanol–water partition coefficient (Wildman–Crippen LogP) is 12.1. The first-order chi connectivity index (χ1) is 21.0. The van der Waals surface area contributed by atoms with Crippen molar-refractivity contribution in [2.24, 2.45) is 11.7 Å². The highest BCUT2D eigenvalue weighted by Crippen LogP contribution is 2.48. The van der Waals surface area contributed by atoms with Crippen LogP contribution < -0.4 is 5.73 Å². The molecular formula is C31H17F3N4S6. The van der Waals surface area contributed by atoms with E-state index in [1.807, 2.05) is 18.2 Å². The largest absolute Gasteiger partial charge is 0.391 e. The maximum Gasteiger partial charge on any atom is 0.391 e. The number of hydrogen-bond acceptors (Lipinski definition) is 8. The smallest absolute Gasteiger partial charge is 0.365 e. The number of nitriles is 1. The van der Waals surface area contributed by atoms with E-state index in [-0.39, 0.29) is 17.9 Å². The molecule has 0 radical (unpaired) electrons. The Bertz CT molecular complexity index is 2150. The van der Waals surface area contributed by atoms with Crippen LogP contribution in [0.15, 0.2) is 54.0 Å². The second-order valence-electron chi connectivity index (χ2n) is 9.68. The summed E-state index contributed by atoms with van der Waals surface area (Å²) in [5, 5.41) is 9.02. The topological polar surface area (TPSA) is 58.5 Å². The van der Waals surface area contributed by atoms with Gasteiger partial charge < -0.3 is 10.6 Å². The van der Waals surface area contributed by atoms with E-state index < -0.39 is 12.1 Å².